The van der Waals surface area contributed by atoms with Gasteiger partial charge < -0.3 is 0 Å². The molecule has 1 heteroatoms. The van der Waals surface area contributed by atoms with Crippen LogP contribution in [0.3, 0.4) is 0 Å². The third-order valence-corrected chi connectivity index (χ3v) is 4.08. The zero-order valence-electron chi connectivity index (χ0n) is 9.51. The number of nitrogens with zero attached hydrogens (tertiary/aromatic N) is 1. The first-order chi connectivity index (χ1) is 6.05. The standard InChI is InChI=1S/C12H23N/c1-9(2)11-7-12(5-6-12)13(8-11)10(3)4/h9-11H,5-8H2,1-4H3. The highest BCUT2D eigenvalue weighted by Crippen LogP contribution is 2.53. The lowest BCUT2D eigenvalue weighted by Crippen LogP contribution is -2.37. The summed E-state index contributed by atoms with van der Waals surface area (Å²) in [6.07, 6.45) is 4.41. The normalized spacial score (nSPS) is 32.3. The summed E-state index contributed by atoms with van der Waals surface area (Å²) in [7, 11) is 0. The molecule has 1 aliphatic carbocycles. The van der Waals surface area contributed by atoms with E-state index in [1.54, 1.807) is 0 Å². The molecule has 2 fully saturated rings. The number of rotatable bonds is 2. The first-order valence-electron chi connectivity index (χ1n) is 5.82. The van der Waals surface area contributed by atoms with Crippen LogP contribution < -0.4 is 0 Å². The summed E-state index contributed by atoms with van der Waals surface area (Å²) < 4.78 is 0. The second kappa shape index (κ2) is 2.98. The lowest BCUT2D eigenvalue weighted by atomic mass is 9.93. The van der Waals surface area contributed by atoms with E-state index in [4.69, 9.17) is 0 Å². The van der Waals surface area contributed by atoms with Crippen LogP contribution in [0.15, 0.2) is 0 Å². The quantitative estimate of drug-likeness (QED) is 0.633. The summed E-state index contributed by atoms with van der Waals surface area (Å²) in [6, 6.07) is 0.756. The second-order valence-corrected chi connectivity index (χ2v) is 5.68. The van der Waals surface area contributed by atoms with Gasteiger partial charge in [0.05, 0.1) is 0 Å². The van der Waals surface area contributed by atoms with Crippen molar-refractivity contribution in [2.45, 2.75) is 58.5 Å². The minimum Gasteiger partial charge on any atom is -0.295 e. The third kappa shape index (κ3) is 1.52. The fraction of sp³-hybridized carbons (Fsp3) is 1.00. The maximum absolute atomic E-state index is 2.76. The SMILES string of the molecule is CC(C)C1CN(C(C)C)C2(CC2)C1. The smallest absolute Gasteiger partial charge is 0.0217 e. The molecule has 0 N–H and O–H groups in total. The second-order valence-electron chi connectivity index (χ2n) is 5.68. The maximum atomic E-state index is 2.76. The highest BCUT2D eigenvalue weighted by atomic mass is 15.3. The van der Waals surface area contributed by atoms with E-state index in [1.807, 2.05) is 0 Å². The number of hydrogen-bond acceptors (Lipinski definition) is 1. The topological polar surface area (TPSA) is 3.24 Å². The van der Waals surface area contributed by atoms with E-state index >= 15 is 0 Å². The molecule has 0 amide bonds. The van der Waals surface area contributed by atoms with E-state index in [0.29, 0.717) is 5.54 Å². The van der Waals surface area contributed by atoms with E-state index in [-0.39, 0.29) is 0 Å². The van der Waals surface area contributed by atoms with Crippen LogP contribution in [0, 0.1) is 11.8 Å². The molecular weight excluding hydrogens is 158 g/mol. The molecule has 1 aliphatic heterocycles. The van der Waals surface area contributed by atoms with Crippen LogP contribution in [-0.4, -0.2) is 23.0 Å². The third-order valence-electron chi connectivity index (χ3n) is 4.08. The molecule has 1 saturated heterocycles. The van der Waals surface area contributed by atoms with Crippen LogP contribution in [0.5, 0.6) is 0 Å². The van der Waals surface area contributed by atoms with Crippen molar-refractivity contribution < 1.29 is 0 Å². The van der Waals surface area contributed by atoms with Gasteiger partial charge in [-0.05, 0) is 44.9 Å². The minimum atomic E-state index is 0.670. The zero-order valence-corrected chi connectivity index (χ0v) is 9.51. The molecular formula is C12H23N. The first-order valence-corrected chi connectivity index (χ1v) is 5.82. The van der Waals surface area contributed by atoms with E-state index in [0.717, 1.165) is 17.9 Å². The highest BCUT2D eigenvalue weighted by molar-refractivity contribution is 5.10. The van der Waals surface area contributed by atoms with Crippen LogP contribution in [0.25, 0.3) is 0 Å². The lowest BCUT2D eigenvalue weighted by Gasteiger charge is -2.28. The Bertz CT molecular complexity index is 191. The number of likely N-dealkylation sites (tertiary alicyclic amines) is 1. The summed E-state index contributed by atoms with van der Waals surface area (Å²) in [5, 5.41) is 0. The van der Waals surface area contributed by atoms with Crippen molar-refractivity contribution >= 4 is 0 Å². The molecule has 2 aliphatic rings. The minimum absolute atomic E-state index is 0.670. The van der Waals surface area contributed by atoms with Crippen LogP contribution >= 0.6 is 0 Å². The Kier molecular flexibility index (Phi) is 2.18. The highest BCUT2D eigenvalue weighted by Gasteiger charge is 2.54. The Morgan fingerprint density at radius 1 is 1.15 bits per heavy atom. The summed E-state index contributed by atoms with van der Waals surface area (Å²) in [5.74, 6) is 1.84. The summed E-state index contributed by atoms with van der Waals surface area (Å²) >= 11 is 0. The van der Waals surface area contributed by atoms with E-state index in [1.165, 1.54) is 25.8 Å². The Morgan fingerprint density at radius 2 is 1.77 bits per heavy atom. The summed E-state index contributed by atoms with van der Waals surface area (Å²) in [6.45, 7) is 10.8. The maximum Gasteiger partial charge on any atom is 0.0217 e. The molecule has 13 heavy (non-hydrogen) atoms. The Labute approximate surface area is 82.5 Å². The van der Waals surface area contributed by atoms with Gasteiger partial charge >= 0.3 is 0 Å². The summed E-state index contributed by atoms with van der Waals surface area (Å²) in [4.78, 5) is 2.76. The molecule has 1 nitrogen and oxygen atoms in total. The fourth-order valence-corrected chi connectivity index (χ4v) is 2.96. The van der Waals surface area contributed by atoms with Gasteiger partial charge in [0.15, 0.2) is 0 Å². The average molecular weight is 181 g/mol. The van der Waals surface area contributed by atoms with Crippen molar-refractivity contribution in [1.82, 2.24) is 4.90 Å². The van der Waals surface area contributed by atoms with Gasteiger partial charge in [0.1, 0.15) is 0 Å². The fourth-order valence-electron chi connectivity index (χ4n) is 2.96. The van der Waals surface area contributed by atoms with Gasteiger partial charge in [-0.2, -0.15) is 0 Å². The van der Waals surface area contributed by atoms with Gasteiger partial charge in [-0.3, -0.25) is 4.90 Å². The van der Waals surface area contributed by atoms with Gasteiger partial charge in [-0.1, -0.05) is 13.8 Å². The van der Waals surface area contributed by atoms with Crippen LogP contribution in [0.1, 0.15) is 47.0 Å². The van der Waals surface area contributed by atoms with Crippen molar-refractivity contribution in [2.75, 3.05) is 6.54 Å². The van der Waals surface area contributed by atoms with Gasteiger partial charge in [0.2, 0.25) is 0 Å². The van der Waals surface area contributed by atoms with Crippen LogP contribution in [0.4, 0.5) is 0 Å². The average Bonchev–Trinajstić information content (AvgIpc) is 2.61. The van der Waals surface area contributed by atoms with Crippen molar-refractivity contribution in [3.63, 3.8) is 0 Å². The Balaban J connectivity index is 2.05. The van der Waals surface area contributed by atoms with E-state index in [9.17, 15) is 0 Å². The van der Waals surface area contributed by atoms with Gasteiger partial charge in [0.25, 0.3) is 0 Å². The molecule has 1 unspecified atom stereocenters. The zero-order chi connectivity index (χ0) is 9.64. The number of hydrogen-bond donors (Lipinski definition) is 0. The molecule has 1 spiro atoms. The van der Waals surface area contributed by atoms with Crippen molar-refractivity contribution in [3.8, 4) is 0 Å². The van der Waals surface area contributed by atoms with Crippen molar-refractivity contribution in [2.24, 2.45) is 11.8 Å². The molecule has 0 bridgehead atoms. The van der Waals surface area contributed by atoms with Gasteiger partial charge in [0, 0.05) is 18.1 Å². The lowest BCUT2D eigenvalue weighted by molar-refractivity contribution is 0.182. The molecule has 1 heterocycles. The molecule has 1 saturated carbocycles. The molecule has 1 atom stereocenters. The van der Waals surface area contributed by atoms with Crippen molar-refractivity contribution in [3.05, 3.63) is 0 Å². The van der Waals surface area contributed by atoms with Crippen molar-refractivity contribution in [1.29, 1.82) is 0 Å². The molecule has 0 aromatic rings. The summed E-state index contributed by atoms with van der Waals surface area (Å²) in [5.41, 5.74) is 0.670. The predicted molar refractivity (Wildman–Crippen MR) is 56.8 cm³/mol. The molecule has 76 valence electrons. The molecule has 0 aromatic carbocycles. The largest absolute Gasteiger partial charge is 0.295 e. The molecule has 0 aromatic heterocycles. The molecule has 0 radical (unpaired) electrons. The van der Waals surface area contributed by atoms with E-state index < -0.39 is 0 Å². The van der Waals surface area contributed by atoms with Gasteiger partial charge in [-0.15, -0.1) is 0 Å². The first kappa shape index (κ1) is 9.51. The Morgan fingerprint density at radius 3 is 2.08 bits per heavy atom. The van der Waals surface area contributed by atoms with Crippen LogP contribution in [0.2, 0.25) is 0 Å². The Hall–Kier alpha value is -0.0400. The van der Waals surface area contributed by atoms with E-state index in [2.05, 4.69) is 32.6 Å². The predicted octanol–water partition coefficient (Wildman–Crippen LogP) is 2.91. The van der Waals surface area contributed by atoms with Crippen LogP contribution in [-0.2, 0) is 0 Å². The molecule has 2 rings (SSSR count). The van der Waals surface area contributed by atoms with Gasteiger partial charge in [-0.25, -0.2) is 0 Å². The monoisotopic (exact) mass is 181 g/mol.